The molecular formula is C17H27N5. The number of H-pyrrole nitrogens is 1. The molecular weight excluding hydrogens is 274 g/mol. The maximum Gasteiger partial charge on any atom is 0.265 e. The van der Waals surface area contributed by atoms with E-state index in [9.17, 15) is 0 Å². The standard InChI is InChI=1S/C17H27N5/c1-3-4-5-6-7-8-9-15-10-12-16(13-11-15)14-22(2)17-18-20-21-19-17/h10-13H,3-9,14H2,1-2H3,(H,18,19,20,21). The molecule has 1 aromatic heterocycles. The highest BCUT2D eigenvalue weighted by Gasteiger charge is 2.06. The maximum absolute atomic E-state index is 3.98. The molecule has 0 spiro atoms. The van der Waals surface area contributed by atoms with Crippen molar-refractivity contribution in [2.45, 2.75) is 58.4 Å². The lowest BCUT2D eigenvalue weighted by Crippen LogP contribution is -2.17. The van der Waals surface area contributed by atoms with Gasteiger partial charge in [-0.1, -0.05) is 68.4 Å². The minimum atomic E-state index is 0.621. The summed E-state index contributed by atoms with van der Waals surface area (Å²) in [6.07, 6.45) is 9.29. The summed E-state index contributed by atoms with van der Waals surface area (Å²) in [5.74, 6) is 0.621. The minimum Gasteiger partial charge on any atom is -0.337 e. The van der Waals surface area contributed by atoms with E-state index >= 15 is 0 Å². The summed E-state index contributed by atoms with van der Waals surface area (Å²) < 4.78 is 0. The van der Waals surface area contributed by atoms with Crippen molar-refractivity contribution in [3.63, 3.8) is 0 Å². The highest BCUT2D eigenvalue weighted by Crippen LogP contribution is 2.13. The Hall–Kier alpha value is -1.91. The van der Waals surface area contributed by atoms with E-state index in [0.717, 1.165) is 6.54 Å². The lowest BCUT2D eigenvalue weighted by Gasteiger charge is -2.14. The fourth-order valence-corrected chi connectivity index (χ4v) is 2.58. The van der Waals surface area contributed by atoms with E-state index in [1.165, 1.54) is 56.1 Å². The first-order valence-corrected chi connectivity index (χ1v) is 8.32. The second kappa shape index (κ2) is 9.18. The molecule has 22 heavy (non-hydrogen) atoms. The first-order valence-electron chi connectivity index (χ1n) is 8.32. The van der Waals surface area contributed by atoms with Gasteiger partial charge in [-0.05, 0) is 29.2 Å². The number of aryl methyl sites for hydroxylation is 1. The molecule has 5 nitrogen and oxygen atoms in total. The first-order chi connectivity index (χ1) is 10.8. The number of nitrogens with zero attached hydrogens (tertiary/aromatic N) is 4. The van der Waals surface area contributed by atoms with Crippen LogP contribution in [0.2, 0.25) is 0 Å². The highest BCUT2D eigenvalue weighted by atomic mass is 15.5. The molecule has 0 unspecified atom stereocenters. The summed E-state index contributed by atoms with van der Waals surface area (Å²) >= 11 is 0. The van der Waals surface area contributed by atoms with E-state index in [4.69, 9.17) is 0 Å². The Kier molecular flexibility index (Phi) is 6.87. The van der Waals surface area contributed by atoms with Crippen LogP contribution >= 0.6 is 0 Å². The van der Waals surface area contributed by atoms with Crippen molar-refractivity contribution in [1.82, 2.24) is 20.6 Å². The van der Waals surface area contributed by atoms with Crippen molar-refractivity contribution < 1.29 is 0 Å². The number of benzene rings is 1. The predicted octanol–water partition coefficient (Wildman–Crippen LogP) is 3.74. The van der Waals surface area contributed by atoms with Gasteiger partial charge in [-0.25, -0.2) is 0 Å². The maximum atomic E-state index is 3.98. The lowest BCUT2D eigenvalue weighted by molar-refractivity contribution is 0.607. The summed E-state index contributed by atoms with van der Waals surface area (Å²) in [6.45, 7) is 3.05. The molecule has 0 atom stereocenters. The summed E-state index contributed by atoms with van der Waals surface area (Å²) in [5, 5.41) is 14.0. The van der Waals surface area contributed by atoms with Crippen LogP contribution in [-0.4, -0.2) is 27.7 Å². The van der Waals surface area contributed by atoms with Crippen molar-refractivity contribution in [2.75, 3.05) is 11.9 Å². The largest absolute Gasteiger partial charge is 0.337 e. The highest BCUT2D eigenvalue weighted by molar-refractivity contribution is 5.30. The van der Waals surface area contributed by atoms with Crippen molar-refractivity contribution in [2.24, 2.45) is 0 Å². The Morgan fingerprint density at radius 3 is 2.32 bits per heavy atom. The molecule has 0 radical (unpaired) electrons. The van der Waals surface area contributed by atoms with Crippen LogP contribution in [0.15, 0.2) is 24.3 Å². The number of aromatic amines is 1. The fourth-order valence-electron chi connectivity index (χ4n) is 2.58. The number of unbranched alkanes of at least 4 members (excludes halogenated alkanes) is 5. The van der Waals surface area contributed by atoms with Gasteiger partial charge < -0.3 is 4.90 Å². The van der Waals surface area contributed by atoms with Crippen LogP contribution in [0.5, 0.6) is 0 Å². The minimum absolute atomic E-state index is 0.621. The van der Waals surface area contributed by atoms with Crippen molar-refractivity contribution in [3.8, 4) is 0 Å². The Labute approximate surface area is 133 Å². The average molecular weight is 301 g/mol. The topological polar surface area (TPSA) is 57.7 Å². The number of hydrogen-bond donors (Lipinski definition) is 1. The quantitative estimate of drug-likeness (QED) is 0.679. The van der Waals surface area contributed by atoms with Gasteiger partial charge in [-0.3, -0.25) is 0 Å². The summed E-state index contributed by atoms with van der Waals surface area (Å²) in [7, 11) is 1.97. The monoisotopic (exact) mass is 301 g/mol. The smallest absolute Gasteiger partial charge is 0.265 e. The molecule has 0 bridgehead atoms. The summed E-state index contributed by atoms with van der Waals surface area (Å²) in [6, 6.07) is 8.88. The molecule has 0 fully saturated rings. The number of aromatic nitrogens is 4. The predicted molar refractivity (Wildman–Crippen MR) is 89.8 cm³/mol. The van der Waals surface area contributed by atoms with E-state index in [2.05, 4.69) is 51.8 Å². The van der Waals surface area contributed by atoms with Gasteiger partial charge in [0.15, 0.2) is 0 Å². The van der Waals surface area contributed by atoms with E-state index in [0.29, 0.717) is 5.95 Å². The van der Waals surface area contributed by atoms with Gasteiger partial charge in [0.25, 0.3) is 5.95 Å². The molecule has 1 heterocycles. The zero-order valence-corrected chi connectivity index (χ0v) is 13.8. The van der Waals surface area contributed by atoms with Crippen molar-refractivity contribution in [3.05, 3.63) is 35.4 Å². The van der Waals surface area contributed by atoms with Crippen molar-refractivity contribution in [1.29, 1.82) is 0 Å². The van der Waals surface area contributed by atoms with Crippen molar-refractivity contribution >= 4 is 5.95 Å². The number of hydrogen-bond acceptors (Lipinski definition) is 4. The van der Waals surface area contributed by atoms with Crippen LogP contribution in [0.3, 0.4) is 0 Å². The third-order valence-electron chi connectivity index (χ3n) is 3.94. The molecule has 1 aromatic carbocycles. The van der Waals surface area contributed by atoms with E-state index < -0.39 is 0 Å². The molecule has 0 aliphatic rings. The second-order valence-electron chi connectivity index (χ2n) is 5.90. The van der Waals surface area contributed by atoms with E-state index in [-0.39, 0.29) is 0 Å². The third-order valence-corrected chi connectivity index (χ3v) is 3.94. The lowest BCUT2D eigenvalue weighted by atomic mass is 10.0. The van der Waals surface area contributed by atoms with Gasteiger partial charge in [0.2, 0.25) is 0 Å². The Balaban J connectivity index is 1.71. The van der Waals surface area contributed by atoms with Gasteiger partial charge in [0.1, 0.15) is 0 Å². The second-order valence-corrected chi connectivity index (χ2v) is 5.90. The van der Waals surface area contributed by atoms with Crippen LogP contribution in [0, 0.1) is 0 Å². The van der Waals surface area contributed by atoms with Crippen LogP contribution in [0.25, 0.3) is 0 Å². The molecule has 0 saturated carbocycles. The number of tetrazole rings is 1. The van der Waals surface area contributed by atoms with Gasteiger partial charge in [0.05, 0.1) is 0 Å². The zero-order chi connectivity index (χ0) is 15.6. The van der Waals surface area contributed by atoms with Crippen LogP contribution < -0.4 is 4.90 Å². The van der Waals surface area contributed by atoms with Crippen LogP contribution in [0.1, 0.15) is 56.6 Å². The molecule has 2 aromatic rings. The van der Waals surface area contributed by atoms with Crippen LogP contribution in [-0.2, 0) is 13.0 Å². The molecule has 0 saturated heterocycles. The number of rotatable bonds is 10. The van der Waals surface area contributed by atoms with Crippen LogP contribution in [0.4, 0.5) is 5.95 Å². The average Bonchev–Trinajstić information content (AvgIpc) is 3.07. The van der Waals surface area contributed by atoms with Gasteiger partial charge in [-0.15, -0.1) is 5.10 Å². The first kappa shape index (κ1) is 16.5. The SMILES string of the molecule is CCCCCCCCc1ccc(CN(C)c2nn[nH]n2)cc1. The summed E-state index contributed by atoms with van der Waals surface area (Å²) in [4.78, 5) is 1.98. The van der Waals surface area contributed by atoms with Gasteiger partial charge in [-0.2, -0.15) is 5.21 Å². The van der Waals surface area contributed by atoms with E-state index in [1.807, 2.05) is 11.9 Å². The zero-order valence-electron chi connectivity index (χ0n) is 13.8. The Bertz CT molecular complexity index is 506. The molecule has 120 valence electrons. The number of anilines is 1. The fraction of sp³-hybridized carbons (Fsp3) is 0.588. The molecule has 0 aliphatic carbocycles. The van der Waals surface area contributed by atoms with Gasteiger partial charge >= 0.3 is 0 Å². The Morgan fingerprint density at radius 2 is 1.64 bits per heavy atom. The molecule has 5 heteroatoms. The van der Waals surface area contributed by atoms with E-state index in [1.54, 1.807) is 0 Å². The Morgan fingerprint density at radius 1 is 0.955 bits per heavy atom. The number of nitrogens with one attached hydrogen (secondary N) is 1. The normalized spacial score (nSPS) is 10.8. The third kappa shape index (κ3) is 5.47. The molecule has 2 rings (SSSR count). The summed E-state index contributed by atoms with van der Waals surface area (Å²) in [5.41, 5.74) is 2.69. The van der Waals surface area contributed by atoms with Gasteiger partial charge in [0, 0.05) is 13.6 Å². The molecule has 1 N–H and O–H groups in total. The molecule has 0 amide bonds. The molecule has 0 aliphatic heterocycles.